The van der Waals surface area contributed by atoms with Crippen molar-refractivity contribution in [1.29, 1.82) is 0 Å². The summed E-state index contributed by atoms with van der Waals surface area (Å²) in [5, 5.41) is 6.91. The summed E-state index contributed by atoms with van der Waals surface area (Å²) in [6.07, 6.45) is 6.62. The van der Waals surface area contributed by atoms with Crippen molar-refractivity contribution in [3.63, 3.8) is 0 Å². The van der Waals surface area contributed by atoms with Crippen molar-refractivity contribution < 1.29 is 0 Å². The molecule has 0 saturated heterocycles. The predicted octanol–water partition coefficient (Wildman–Crippen LogP) is 4.58. The highest BCUT2D eigenvalue weighted by molar-refractivity contribution is 5.69. The van der Waals surface area contributed by atoms with Gasteiger partial charge in [-0.3, -0.25) is 0 Å². The SMILES string of the molecule is C=CCCC(CCC)Nc1ccc(C)cc1NC. The van der Waals surface area contributed by atoms with Crippen molar-refractivity contribution in [1.82, 2.24) is 0 Å². The van der Waals surface area contributed by atoms with Crippen molar-refractivity contribution in [2.24, 2.45) is 0 Å². The molecule has 0 aliphatic rings. The summed E-state index contributed by atoms with van der Waals surface area (Å²) in [4.78, 5) is 0. The maximum absolute atomic E-state index is 3.81. The Bertz CT molecular complexity index is 371. The van der Waals surface area contributed by atoms with Gasteiger partial charge in [0.1, 0.15) is 0 Å². The van der Waals surface area contributed by atoms with Crippen LogP contribution in [0.25, 0.3) is 0 Å². The molecule has 0 bridgehead atoms. The molecule has 1 atom stereocenters. The van der Waals surface area contributed by atoms with Crippen molar-refractivity contribution in [2.45, 2.75) is 45.6 Å². The number of hydrogen-bond donors (Lipinski definition) is 2. The number of hydrogen-bond acceptors (Lipinski definition) is 2. The van der Waals surface area contributed by atoms with Crippen molar-refractivity contribution in [2.75, 3.05) is 17.7 Å². The molecule has 0 saturated carbocycles. The van der Waals surface area contributed by atoms with Gasteiger partial charge in [-0.25, -0.2) is 0 Å². The molecule has 0 amide bonds. The van der Waals surface area contributed by atoms with Crippen LogP contribution in [0.5, 0.6) is 0 Å². The van der Waals surface area contributed by atoms with Gasteiger partial charge in [-0.15, -0.1) is 6.58 Å². The molecule has 1 aromatic carbocycles. The zero-order chi connectivity index (χ0) is 13.4. The van der Waals surface area contributed by atoms with E-state index in [1.807, 2.05) is 13.1 Å². The third kappa shape index (κ3) is 4.44. The number of benzene rings is 1. The number of aryl methyl sites for hydroxylation is 1. The lowest BCUT2D eigenvalue weighted by Crippen LogP contribution is -2.19. The third-order valence-electron chi connectivity index (χ3n) is 3.16. The second kappa shape index (κ2) is 7.80. The van der Waals surface area contributed by atoms with E-state index in [9.17, 15) is 0 Å². The Hall–Kier alpha value is -1.44. The van der Waals surface area contributed by atoms with Gasteiger partial charge < -0.3 is 10.6 Å². The predicted molar refractivity (Wildman–Crippen MR) is 82.5 cm³/mol. The van der Waals surface area contributed by atoms with Crippen LogP contribution >= 0.6 is 0 Å². The van der Waals surface area contributed by atoms with Crippen LogP contribution < -0.4 is 10.6 Å². The summed E-state index contributed by atoms with van der Waals surface area (Å²) in [7, 11) is 1.97. The lowest BCUT2D eigenvalue weighted by atomic mass is 10.1. The summed E-state index contributed by atoms with van der Waals surface area (Å²) in [5.74, 6) is 0. The Morgan fingerprint density at radius 1 is 1.28 bits per heavy atom. The summed E-state index contributed by atoms with van der Waals surface area (Å²) in [6.45, 7) is 8.15. The summed E-state index contributed by atoms with van der Waals surface area (Å²) in [5.41, 5.74) is 3.66. The van der Waals surface area contributed by atoms with E-state index < -0.39 is 0 Å². The van der Waals surface area contributed by atoms with Gasteiger partial charge in [0.25, 0.3) is 0 Å². The quantitative estimate of drug-likeness (QED) is 0.656. The van der Waals surface area contributed by atoms with Crippen molar-refractivity contribution in [3.8, 4) is 0 Å². The van der Waals surface area contributed by atoms with Crippen LogP contribution in [0.4, 0.5) is 11.4 Å². The zero-order valence-electron chi connectivity index (χ0n) is 11.9. The van der Waals surface area contributed by atoms with E-state index in [1.54, 1.807) is 0 Å². The van der Waals surface area contributed by atoms with Gasteiger partial charge in [0.05, 0.1) is 11.4 Å². The zero-order valence-corrected chi connectivity index (χ0v) is 11.9. The number of rotatable bonds is 8. The van der Waals surface area contributed by atoms with Crippen LogP contribution in [0.15, 0.2) is 30.9 Å². The standard InChI is InChI=1S/C16H26N2/c1-5-7-9-14(8-6-2)18-15-11-10-13(3)12-16(15)17-4/h5,10-12,14,17-18H,1,6-9H2,2-4H3. The lowest BCUT2D eigenvalue weighted by Gasteiger charge is -2.21. The molecule has 0 aromatic heterocycles. The molecule has 0 fully saturated rings. The second-order valence-corrected chi connectivity index (χ2v) is 4.79. The molecule has 2 nitrogen and oxygen atoms in total. The van der Waals surface area contributed by atoms with Gasteiger partial charge in [-0.1, -0.05) is 25.5 Å². The average molecular weight is 246 g/mol. The third-order valence-corrected chi connectivity index (χ3v) is 3.16. The summed E-state index contributed by atoms with van der Waals surface area (Å²) >= 11 is 0. The van der Waals surface area contributed by atoms with Crippen LogP contribution in [-0.2, 0) is 0 Å². The van der Waals surface area contributed by atoms with Crippen molar-refractivity contribution in [3.05, 3.63) is 36.4 Å². The van der Waals surface area contributed by atoms with E-state index in [0.717, 1.165) is 12.8 Å². The molecule has 1 aromatic rings. The Balaban J connectivity index is 2.75. The van der Waals surface area contributed by atoms with Gasteiger partial charge in [-0.2, -0.15) is 0 Å². The van der Waals surface area contributed by atoms with E-state index in [4.69, 9.17) is 0 Å². The van der Waals surface area contributed by atoms with E-state index in [1.165, 1.54) is 29.8 Å². The van der Waals surface area contributed by atoms with Crippen LogP contribution in [0.1, 0.15) is 38.2 Å². The fourth-order valence-electron chi connectivity index (χ4n) is 2.17. The van der Waals surface area contributed by atoms with Gasteiger partial charge >= 0.3 is 0 Å². The first-order valence-corrected chi connectivity index (χ1v) is 6.87. The highest BCUT2D eigenvalue weighted by Gasteiger charge is 2.09. The molecule has 1 unspecified atom stereocenters. The maximum atomic E-state index is 3.81. The van der Waals surface area contributed by atoms with Gasteiger partial charge in [0, 0.05) is 13.1 Å². The minimum Gasteiger partial charge on any atom is -0.386 e. The molecule has 0 aliphatic heterocycles. The lowest BCUT2D eigenvalue weighted by molar-refractivity contribution is 0.600. The molecule has 0 radical (unpaired) electrons. The molecule has 100 valence electrons. The van der Waals surface area contributed by atoms with Crippen molar-refractivity contribution >= 4 is 11.4 Å². The van der Waals surface area contributed by atoms with E-state index >= 15 is 0 Å². The Labute approximate surface area is 111 Å². The largest absolute Gasteiger partial charge is 0.386 e. The smallest absolute Gasteiger partial charge is 0.0578 e. The molecule has 0 spiro atoms. The minimum absolute atomic E-state index is 0.530. The number of nitrogens with one attached hydrogen (secondary N) is 2. The molecule has 2 heteroatoms. The molecule has 1 rings (SSSR count). The Morgan fingerprint density at radius 3 is 2.67 bits per heavy atom. The molecule has 0 aliphatic carbocycles. The molecule has 2 N–H and O–H groups in total. The fraction of sp³-hybridized carbons (Fsp3) is 0.500. The van der Waals surface area contributed by atoms with Gasteiger partial charge in [0.2, 0.25) is 0 Å². The van der Waals surface area contributed by atoms with Crippen LogP contribution in [0, 0.1) is 6.92 Å². The van der Waals surface area contributed by atoms with Crippen LogP contribution in [0.2, 0.25) is 0 Å². The van der Waals surface area contributed by atoms with E-state index in [-0.39, 0.29) is 0 Å². The fourth-order valence-corrected chi connectivity index (χ4v) is 2.17. The molecule has 18 heavy (non-hydrogen) atoms. The second-order valence-electron chi connectivity index (χ2n) is 4.79. The average Bonchev–Trinajstić information content (AvgIpc) is 2.38. The van der Waals surface area contributed by atoms with Crippen LogP contribution in [0.3, 0.4) is 0 Å². The first kappa shape index (κ1) is 14.6. The Morgan fingerprint density at radius 2 is 2.06 bits per heavy atom. The van der Waals surface area contributed by atoms with E-state index in [2.05, 4.69) is 49.3 Å². The number of anilines is 2. The normalized spacial score (nSPS) is 11.9. The first-order chi connectivity index (χ1) is 8.71. The maximum Gasteiger partial charge on any atom is 0.0578 e. The molecule has 0 heterocycles. The topological polar surface area (TPSA) is 24.1 Å². The highest BCUT2D eigenvalue weighted by atomic mass is 15.0. The molecular formula is C16H26N2. The number of allylic oxidation sites excluding steroid dienone is 1. The van der Waals surface area contributed by atoms with Crippen LogP contribution in [-0.4, -0.2) is 13.1 Å². The van der Waals surface area contributed by atoms with Gasteiger partial charge in [-0.05, 0) is 43.9 Å². The Kier molecular flexibility index (Phi) is 6.34. The van der Waals surface area contributed by atoms with E-state index in [0.29, 0.717) is 6.04 Å². The first-order valence-electron chi connectivity index (χ1n) is 6.87. The minimum atomic E-state index is 0.530. The summed E-state index contributed by atoms with van der Waals surface area (Å²) < 4.78 is 0. The van der Waals surface area contributed by atoms with Gasteiger partial charge in [0.15, 0.2) is 0 Å². The highest BCUT2D eigenvalue weighted by Crippen LogP contribution is 2.25. The molecular weight excluding hydrogens is 220 g/mol. The summed E-state index contributed by atoms with van der Waals surface area (Å²) in [6, 6.07) is 7.03. The monoisotopic (exact) mass is 246 g/mol.